The summed E-state index contributed by atoms with van der Waals surface area (Å²) in [7, 11) is 1.68. The molecule has 0 aliphatic rings. The SMILES string of the molecule is CNC(=O)C(C)CC(C)SC. The standard InChI is InChI=1S/C8H17NOS/c1-6(8(10)9-3)5-7(2)11-4/h6-7H,5H2,1-4H3,(H,9,10). The van der Waals surface area contributed by atoms with Crippen LogP contribution in [-0.4, -0.2) is 24.5 Å². The van der Waals surface area contributed by atoms with Gasteiger partial charge in [-0.15, -0.1) is 0 Å². The van der Waals surface area contributed by atoms with Crippen molar-refractivity contribution in [1.29, 1.82) is 0 Å². The van der Waals surface area contributed by atoms with Gasteiger partial charge in [-0.25, -0.2) is 0 Å². The van der Waals surface area contributed by atoms with Gasteiger partial charge in [-0.1, -0.05) is 13.8 Å². The smallest absolute Gasteiger partial charge is 0.222 e. The monoisotopic (exact) mass is 175 g/mol. The Hall–Kier alpha value is -0.180. The van der Waals surface area contributed by atoms with E-state index in [1.54, 1.807) is 18.8 Å². The highest BCUT2D eigenvalue weighted by Gasteiger charge is 2.13. The number of carbonyl (C=O) groups excluding carboxylic acids is 1. The van der Waals surface area contributed by atoms with Crippen LogP contribution in [0, 0.1) is 5.92 Å². The fourth-order valence-electron chi connectivity index (χ4n) is 0.948. The van der Waals surface area contributed by atoms with Crippen molar-refractivity contribution >= 4 is 17.7 Å². The minimum Gasteiger partial charge on any atom is -0.359 e. The highest BCUT2D eigenvalue weighted by Crippen LogP contribution is 2.15. The molecule has 66 valence electrons. The van der Waals surface area contributed by atoms with Gasteiger partial charge in [0.05, 0.1) is 0 Å². The third-order valence-electron chi connectivity index (χ3n) is 1.78. The Morgan fingerprint density at radius 1 is 1.55 bits per heavy atom. The summed E-state index contributed by atoms with van der Waals surface area (Å²) in [5.41, 5.74) is 0. The zero-order chi connectivity index (χ0) is 8.85. The molecule has 0 bridgehead atoms. The Morgan fingerprint density at radius 2 is 2.09 bits per heavy atom. The molecule has 0 aromatic heterocycles. The third-order valence-corrected chi connectivity index (χ3v) is 2.78. The van der Waals surface area contributed by atoms with Gasteiger partial charge in [0.15, 0.2) is 0 Å². The summed E-state index contributed by atoms with van der Waals surface area (Å²) in [5, 5.41) is 3.22. The second-order valence-corrected chi connectivity index (χ2v) is 4.07. The van der Waals surface area contributed by atoms with Gasteiger partial charge in [-0.3, -0.25) is 4.79 Å². The Kier molecular flexibility index (Phi) is 5.38. The molecule has 0 aromatic carbocycles. The van der Waals surface area contributed by atoms with E-state index in [2.05, 4.69) is 18.5 Å². The van der Waals surface area contributed by atoms with Gasteiger partial charge in [-0.2, -0.15) is 11.8 Å². The Balaban J connectivity index is 3.67. The van der Waals surface area contributed by atoms with Crippen LogP contribution in [0.5, 0.6) is 0 Å². The minimum atomic E-state index is 0.141. The second kappa shape index (κ2) is 5.47. The summed E-state index contributed by atoms with van der Waals surface area (Å²) in [5.74, 6) is 0.286. The summed E-state index contributed by atoms with van der Waals surface area (Å²) in [6.07, 6.45) is 3.03. The van der Waals surface area contributed by atoms with E-state index in [0.717, 1.165) is 6.42 Å². The summed E-state index contributed by atoms with van der Waals surface area (Å²) in [6, 6.07) is 0. The highest BCUT2D eigenvalue weighted by molar-refractivity contribution is 7.99. The van der Waals surface area contributed by atoms with Crippen molar-refractivity contribution in [2.24, 2.45) is 5.92 Å². The largest absolute Gasteiger partial charge is 0.359 e. The molecule has 0 radical (unpaired) electrons. The molecule has 0 aliphatic heterocycles. The van der Waals surface area contributed by atoms with E-state index in [1.807, 2.05) is 6.92 Å². The maximum Gasteiger partial charge on any atom is 0.222 e. The number of amides is 1. The van der Waals surface area contributed by atoms with E-state index in [1.165, 1.54) is 0 Å². The van der Waals surface area contributed by atoms with Gasteiger partial charge >= 0.3 is 0 Å². The lowest BCUT2D eigenvalue weighted by Crippen LogP contribution is -2.26. The van der Waals surface area contributed by atoms with Gasteiger partial charge in [0.25, 0.3) is 0 Å². The van der Waals surface area contributed by atoms with Crippen LogP contribution in [-0.2, 0) is 4.79 Å². The van der Waals surface area contributed by atoms with Gasteiger partial charge in [-0.05, 0) is 12.7 Å². The van der Waals surface area contributed by atoms with E-state index < -0.39 is 0 Å². The molecule has 0 saturated carbocycles. The first kappa shape index (κ1) is 10.8. The lowest BCUT2D eigenvalue weighted by atomic mass is 10.1. The van der Waals surface area contributed by atoms with Crippen molar-refractivity contribution in [2.45, 2.75) is 25.5 Å². The number of carbonyl (C=O) groups is 1. The van der Waals surface area contributed by atoms with Gasteiger partial charge in [0.2, 0.25) is 5.91 Å². The molecule has 0 aliphatic carbocycles. The summed E-state index contributed by atoms with van der Waals surface area (Å²) >= 11 is 1.80. The van der Waals surface area contributed by atoms with Gasteiger partial charge in [0.1, 0.15) is 0 Å². The molecular weight excluding hydrogens is 158 g/mol. The van der Waals surface area contributed by atoms with E-state index in [4.69, 9.17) is 0 Å². The summed E-state index contributed by atoms with van der Waals surface area (Å²) in [4.78, 5) is 11.0. The summed E-state index contributed by atoms with van der Waals surface area (Å²) in [6.45, 7) is 4.11. The molecule has 2 unspecified atom stereocenters. The molecule has 2 nitrogen and oxygen atoms in total. The molecule has 0 aromatic rings. The quantitative estimate of drug-likeness (QED) is 0.701. The summed E-state index contributed by atoms with van der Waals surface area (Å²) < 4.78 is 0. The molecule has 11 heavy (non-hydrogen) atoms. The zero-order valence-corrected chi connectivity index (χ0v) is 8.49. The zero-order valence-electron chi connectivity index (χ0n) is 7.68. The second-order valence-electron chi connectivity index (χ2n) is 2.80. The van der Waals surface area contributed by atoms with Gasteiger partial charge < -0.3 is 5.32 Å². The van der Waals surface area contributed by atoms with Crippen LogP contribution in [0.4, 0.5) is 0 Å². The molecule has 0 heterocycles. The Bertz CT molecular complexity index is 127. The van der Waals surface area contributed by atoms with Crippen LogP contribution in [0.25, 0.3) is 0 Å². The number of thioether (sulfide) groups is 1. The maximum absolute atomic E-state index is 11.0. The fraction of sp³-hybridized carbons (Fsp3) is 0.875. The first-order valence-corrected chi connectivity index (χ1v) is 5.15. The maximum atomic E-state index is 11.0. The highest BCUT2D eigenvalue weighted by atomic mass is 32.2. The predicted molar refractivity (Wildman–Crippen MR) is 50.8 cm³/mol. The van der Waals surface area contributed by atoms with E-state index in [0.29, 0.717) is 5.25 Å². The van der Waals surface area contributed by atoms with E-state index in [9.17, 15) is 4.79 Å². The number of rotatable bonds is 4. The van der Waals surface area contributed by atoms with Crippen LogP contribution in [0.15, 0.2) is 0 Å². The van der Waals surface area contributed by atoms with Crippen molar-refractivity contribution in [2.75, 3.05) is 13.3 Å². The predicted octanol–water partition coefficient (Wildman–Crippen LogP) is 1.51. The number of hydrogen-bond donors (Lipinski definition) is 1. The molecule has 1 amide bonds. The van der Waals surface area contributed by atoms with Crippen molar-refractivity contribution < 1.29 is 4.79 Å². The Labute approximate surface area is 73.1 Å². The molecule has 3 heteroatoms. The van der Waals surface area contributed by atoms with Crippen LogP contribution >= 0.6 is 11.8 Å². The Morgan fingerprint density at radius 3 is 2.45 bits per heavy atom. The normalized spacial score (nSPS) is 15.6. The number of nitrogens with one attached hydrogen (secondary N) is 1. The van der Waals surface area contributed by atoms with Crippen LogP contribution in [0.1, 0.15) is 20.3 Å². The molecular formula is C8H17NOS. The van der Waals surface area contributed by atoms with Crippen LogP contribution < -0.4 is 5.32 Å². The topological polar surface area (TPSA) is 29.1 Å². The molecule has 1 N–H and O–H groups in total. The third kappa shape index (κ3) is 4.30. The van der Waals surface area contributed by atoms with E-state index >= 15 is 0 Å². The van der Waals surface area contributed by atoms with Crippen LogP contribution in [0.2, 0.25) is 0 Å². The average Bonchev–Trinajstić information content (AvgIpc) is 2.02. The van der Waals surface area contributed by atoms with Crippen molar-refractivity contribution in [1.82, 2.24) is 5.32 Å². The first-order valence-electron chi connectivity index (χ1n) is 3.86. The lowest BCUT2D eigenvalue weighted by Gasteiger charge is -2.13. The van der Waals surface area contributed by atoms with Crippen molar-refractivity contribution in [3.63, 3.8) is 0 Å². The number of hydrogen-bond acceptors (Lipinski definition) is 2. The van der Waals surface area contributed by atoms with Crippen LogP contribution in [0.3, 0.4) is 0 Å². The van der Waals surface area contributed by atoms with E-state index in [-0.39, 0.29) is 11.8 Å². The lowest BCUT2D eigenvalue weighted by molar-refractivity contribution is -0.124. The average molecular weight is 175 g/mol. The fourth-order valence-corrected chi connectivity index (χ4v) is 1.43. The van der Waals surface area contributed by atoms with Gasteiger partial charge in [0, 0.05) is 18.2 Å². The minimum absolute atomic E-state index is 0.141. The first-order chi connectivity index (χ1) is 5.11. The molecule has 0 spiro atoms. The molecule has 2 atom stereocenters. The molecule has 0 saturated heterocycles. The van der Waals surface area contributed by atoms with Crippen molar-refractivity contribution in [3.05, 3.63) is 0 Å². The molecule has 0 rings (SSSR count). The molecule has 0 fully saturated rings. The van der Waals surface area contributed by atoms with Crippen molar-refractivity contribution in [3.8, 4) is 0 Å².